The van der Waals surface area contributed by atoms with Crippen LogP contribution in [-0.2, 0) is 15.3 Å². The molecule has 2 aromatic rings. The highest BCUT2D eigenvalue weighted by Gasteiger charge is 2.48. The van der Waals surface area contributed by atoms with Crippen LogP contribution in [0, 0.1) is 5.41 Å². The van der Waals surface area contributed by atoms with E-state index in [1.54, 1.807) is 12.4 Å². The van der Waals surface area contributed by atoms with Crippen LogP contribution in [0.3, 0.4) is 0 Å². The smallest absolute Gasteiger partial charge is 0.224 e. The second kappa shape index (κ2) is 5.65. The van der Waals surface area contributed by atoms with E-state index in [9.17, 15) is 0 Å². The highest BCUT2D eigenvalue weighted by atomic mass is 35.5. The molecule has 1 saturated heterocycles. The molecule has 0 N–H and O–H groups in total. The molecule has 1 fully saturated rings. The molecule has 0 radical (unpaired) electrons. The summed E-state index contributed by atoms with van der Waals surface area (Å²) in [7, 11) is 0. The number of hydrogen-bond donors (Lipinski definition) is 0. The van der Waals surface area contributed by atoms with Crippen molar-refractivity contribution in [3.63, 3.8) is 0 Å². The lowest BCUT2D eigenvalue weighted by atomic mass is 9.89. The Labute approximate surface area is 136 Å². The largest absolute Gasteiger partial charge is 0.339 e. The number of benzene rings is 1. The molecule has 0 amide bonds. The zero-order chi connectivity index (χ0) is 15.8. The monoisotopic (exact) mass is 317 g/mol. The van der Waals surface area contributed by atoms with E-state index >= 15 is 0 Å². The molecule has 2 atom stereocenters. The minimum atomic E-state index is -0.920. The number of rotatable bonds is 2. The van der Waals surface area contributed by atoms with Crippen LogP contribution in [0.25, 0.3) is 0 Å². The van der Waals surface area contributed by atoms with Crippen LogP contribution in [0.4, 0.5) is 0 Å². The summed E-state index contributed by atoms with van der Waals surface area (Å²) in [5.74, 6) is -0.920. The molecular weight excluding hydrogens is 298 g/mol. The summed E-state index contributed by atoms with van der Waals surface area (Å²) in [6, 6.07) is 11.5. The average Bonchev–Trinajstić information content (AvgIpc) is 2.95. The Kier molecular flexibility index (Phi) is 3.98. The first kappa shape index (κ1) is 15.5. The normalized spacial score (nSPS) is 25.4. The van der Waals surface area contributed by atoms with Crippen LogP contribution in [0.1, 0.15) is 31.9 Å². The lowest BCUT2D eigenvalue weighted by molar-refractivity contribution is -0.154. The van der Waals surface area contributed by atoms with Crippen molar-refractivity contribution >= 4 is 11.6 Å². The minimum absolute atomic E-state index is 0.00313. The van der Waals surface area contributed by atoms with E-state index in [4.69, 9.17) is 21.1 Å². The van der Waals surface area contributed by atoms with Gasteiger partial charge in [0.05, 0.1) is 12.7 Å². The molecule has 0 aliphatic carbocycles. The summed E-state index contributed by atoms with van der Waals surface area (Å²) in [5, 5.41) is 0.690. The van der Waals surface area contributed by atoms with Gasteiger partial charge in [-0.25, -0.2) is 0 Å². The lowest BCUT2D eigenvalue weighted by Gasteiger charge is -2.31. The minimum Gasteiger partial charge on any atom is -0.339 e. The summed E-state index contributed by atoms with van der Waals surface area (Å²) < 4.78 is 12.6. The first-order valence-corrected chi connectivity index (χ1v) is 7.78. The van der Waals surface area contributed by atoms with Crippen molar-refractivity contribution in [3.05, 3.63) is 64.9 Å². The van der Waals surface area contributed by atoms with E-state index in [1.165, 1.54) is 0 Å². The standard InChI is InChI=1S/C18H20ClNO2/c1-17(2,3)16-12-21-18(22-16,14-5-4-10-20-11-14)13-6-8-15(19)9-7-13/h4-11,16H,12H2,1-3H3. The number of ether oxygens (including phenoxy) is 2. The lowest BCUT2D eigenvalue weighted by Crippen LogP contribution is -2.33. The van der Waals surface area contributed by atoms with Gasteiger partial charge in [-0.3, -0.25) is 4.98 Å². The van der Waals surface area contributed by atoms with Gasteiger partial charge in [0.2, 0.25) is 5.79 Å². The maximum Gasteiger partial charge on any atom is 0.224 e. The molecule has 1 aliphatic heterocycles. The molecule has 1 aromatic heterocycles. The van der Waals surface area contributed by atoms with Crippen molar-refractivity contribution in [2.45, 2.75) is 32.7 Å². The van der Waals surface area contributed by atoms with Gasteiger partial charge in [0.25, 0.3) is 0 Å². The van der Waals surface area contributed by atoms with Gasteiger partial charge in [-0.15, -0.1) is 0 Å². The Morgan fingerprint density at radius 2 is 1.86 bits per heavy atom. The molecule has 22 heavy (non-hydrogen) atoms. The third-order valence-corrected chi connectivity index (χ3v) is 4.23. The van der Waals surface area contributed by atoms with Gasteiger partial charge < -0.3 is 9.47 Å². The average molecular weight is 318 g/mol. The molecule has 3 nitrogen and oxygen atoms in total. The van der Waals surface area contributed by atoms with Gasteiger partial charge in [0.1, 0.15) is 0 Å². The molecular formula is C18H20ClNO2. The van der Waals surface area contributed by atoms with Crippen LogP contribution in [0.15, 0.2) is 48.8 Å². The van der Waals surface area contributed by atoms with Gasteiger partial charge in [0.15, 0.2) is 0 Å². The quantitative estimate of drug-likeness (QED) is 0.822. The fourth-order valence-corrected chi connectivity index (χ4v) is 2.71. The van der Waals surface area contributed by atoms with E-state index in [-0.39, 0.29) is 11.5 Å². The number of aromatic nitrogens is 1. The molecule has 0 bridgehead atoms. The SMILES string of the molecule is CC(C)(C)C1COC(c2ccc(Cl)cc2)(c2cccnc2)O1. The molecule has 0 spiro atoms. The summed E-state index contributed by atoms with van der Waals surface area (Å²) >= 11 is 6.02. The van der Waals surface area contributed by atoms with E-state index in [0.29, 0.717) is 11.6 Å². The number of halogens is 1. The van der Waals surface area contributed by atoms with E-state index in [2.05, 4.69) is 25.8 Å². The van der Waals surface area contributed by atoms with Crippen LogP contribution in [0.2, 0.25) is 5.02 Å². The topological polar surface area (TPSA) is 31.4 Å². The van der Waals surface area contributed by atoms with E-state index in [1.807, 2.05) is 36.4 Å². The van der Waals surface area contributed by atoms with Crippen molar-refractivity contribution in [1.82, 2.24) is 4.98 Å². The van der Waals surface area contributed by atoms with E-state index < -0.39 is 5.79 Å². The van der Waals surface area contributed by atoms with Crippen molar-refractivity contribution < 1.29 is 9.47 Å². The summed E-state index contributed by atoms with van der Waals surface area (Å²) in [6.45, 7) is 7.01. The second-order valence-electron chi connectivity index (χ2n) is 6.65. The molecule has 4 heteroatoms. The van der Waals surface area contributed by atoms with E-state index in [0.717, 1.165) is 11.1 Å². The molecule has 3 rings (SSSR count). The summed E-state index contributed by atoms with van der Waals surface area (Å²) in [4.78, 5) is 4.22. The van der Waals surface area contributed by atoms with Crippen molar-refractivity contribution in [2.24, 2.45) is 5.41 Å². The molecule has 1 aromatic carbocycles. The van der Waals surface area contributed by atoms with Crippen molar-refractivity contribution in [1.29, 1.82) is 0 Å². The number of hydrogen-bond acceptors (Lipinski definition) is 3. The second-order valence-corrected chi connectivity index (χ2v) is 7.09. The first-order valence-electron chi connectivity index (χ1n) is 7.40. The Bertz CT molecular complexity index is 636. The predicted octanol–water partition coefficient (Wildman–Crippen LogP) is 4.40. The maximum atomic E-state index is 6.42. The summed E-state index contributed by atoms with van der Waals surface area (Å²) in [5.41, 5.74) is 1.82. The zero-order valence-electron chi connectivity index (χ0n) is 13.0. The highest BCUT2D eigenvalue weighted by Crippen LogP contribution is 2.44. The Balaban J connectivity index is 2.07. The third-order valence-electron chi connectivity index (χ3n) is 3.98. The van der Waals surface area contributed by atoms with Gasteiger partial charge >= 0.3 is 0 Å². The molecule has 2 unspecified atom stereocenters. The molecule has 116 valence electrons. The Hall–Kier alpha value is -1.42. The molecule has 0 saturated carbocycles. The fraction of sp³-hybridized carbons (Fsp3) is 0.389. The van der Waals surface area contributed by atoms with Crippen LogP contribution in [-0.4, -0.2) is 17.7 Å². The van der Waals surface area contributed by atoms with Crippen LogP contribution in [0.5, 0.6) is 0 Å². The third kappa shape index (κ3) is 2.76. The number of pyridine rings is 1. The zero-order valence-corrected chi connectivity index (χ0v) is 13.8. The van der Waals surface area contributed by atoms with Gasteiger partial charge in [0, 0.05) is 28.5 Å². The van der Waals surface area contributed by atoms with Gasteiger partial charge in [-0.1, -0.05) is 50.6 Å². The fourth-order valence-electron chi connectivity index (χ4n) is 2.58. The Morgan fingerprint density at radius 3 is 2.41 bits per heavy atom. The highest BCUT2D eigenvalue weighted by molar-refractivity contribution is 6.30. The predicted molar refractivity (Wildman–Crippen MR) is 86.7 cm³/mol. The number of nitrogens with zero attached hydrogens (tertiary/aromatic N) is 1. The first-order chi connectivity index (χ1) is 10.4. The molecule has 1 aliphatic rings. The van der Waals surface area contributed by atoms with Gasteiger partial charge in [-0.05, 0) is 23.6 Å². The molecule has 2 heterocycles. The van der Waals surface area contributed by atoms with Crippen LogP contribution >= 0.6 is 11.6 Å². The maximum absolute atomic E-state index is 6.42. The summed E-state index contributed by atoms with van der Waals surface area (Å²) in [6.07, 6.45) is 3.54. The van der Waals surface area contributed by atoms with Crippen molar-refractivity contribution in [2.75, 3.05) is 6.61 Å². The van der Waals surface area contributed by atoms with Gasteiger partial charge in [-0.2, -0.15) is 0 Å². The Morgan fingerprint density at radius 1 is 1.14 bits per heavy atom. The van der Waals surface area contributed by atoms with Crippen molar-refractivity contribution in [3.8, 4) is 0 Å². The van der Waals surface area contributed by atoms with Crippen LogP contribution < -0.4 is 0 Å².